The van der Waals surface area contributed by atoms with E-state index in [9.17, 15) is 4.79 Å². The number of hydrogen-bond donors (Lipinski definition) is 0. The van der Waals surface area contributed by atoms with Crippen LogP contribution in [0.2, 0.25) is 0 Å². The van der Waals surface area contributed by atoms with E-state index in [2.05, 4.69) is 10.1 Å². The Morgan fingerprint density at radius 1 is 1.32 bits per heavy atom. The summed E-state index contributed by atoms with van der Waals surface area (Å²) < 4.78 is 11.0. The molecule has 1 fully saturated rings. The summed E-state index contributed by atoms with van der Waals surface area (Å²) in [5.74, 6) is 2.21. The average Bonchev–Trinajstić information content (AvgIpc) is 3.29. The molecule has 1 saturated heterocycles. The lowest BCUT2D eigenvalue weighted by Crippen LogP contribution is -2.34. The van der Waals surface area contributed by atoms with Crippen LogP contribution in [0.15, 0.2) is 34.4 Å². The van der Waals surface area contributed by atoms with Crippen molar-refractivity contribution in [1.29, 1.82) is 0 Å². The molecule has 1 aromatic heterocycles. The number of fused-ring (bicyclic) bond motifs is 1. The average molecular weight is 339 g/mol. The van der Waals surface area contributed by atoms with Crippen molar-refractivity contribution in [1.82, 2.24) is 15.0 Å². The van der Waals surface area contributed by atoms with Gasteiger partial charge in [-0.2, -0.15) is 4.98 Å². The number of aromatic nitrogens is 2. The molecule has 0 aliphatic carbocycles. The summed E-state index contributed by atoms with van der Waals surface area (Å²) in [6.07, 6.45) is 3.71. The van der Waals surface area contributed by atoms with Crippen molar-refractivity contribution < 1.29 is 14.1 Å². The molecule has 1 atom stereocenters. The van der Waals surface area contributed by atoms with Gasteiger partial charge >= 0.3 is 0 Å². The maximum absolute atomic E-state index is 13.0. The number of rotatable bonds is 3. The highest BCUT2D eigenvalue weighted by molar-refractivity contribution is 5.99. The summed E-state index contributed by atoms with van der Waals surface area (Å²) in [6.45, 7) is 5.02. The van der Waals surface area contributed by atoms with E-state index in [0.717, 1.165) is 24.2 Å². The minimum absolute atomic E-state index is 0.00657. The van der Waals surface area contributed by atoms with Gasteiger partial charge in [-0.1, -0.05) is 37.2 Å². The molecule has 25 heavy (non-hydrogen) atoms. The highest BCUT2D eigenvalue weighted by Gasteiger charge is 2.35. The van der Waals surface area contributed by atoms with Crippen LogP contribution in [-0.4, -0.2) is 34.1 Å². The van der Waals surface area contributed by atoms with Crippen LogP contribution < -0.4 is 4.74 Å². The van der Waals surface area contributed by atoms with Crippen molar-refractivity contribution in [3.05, 3.63) is 47.1 Å². The van der Waals surface area contributed by atoms with Crippen molar-refractivity contribution in [2.24, 2.45) is 0 Å². The Hall–Kier alpha value is -2.63. The van der Waals surface area contributed by atoms with Crippen LogP contribution in [0, 0.1) is 0 Å². The van der Waals surface area contributed by atoms with Gasteiger partial charge in [0.25, 0.3) is 5.91 Å². The van der Waals surface area contributed by atoms with Crippen LogP contribution in [0.4, 0.5) is 0 Å². The molecule has 0 saturated carbocycles. The Kier molecular flexibility index (Phi) is 4.03. The fourth-order valence-corrected chi connectivity index (χ4v) is 3.32. The van der Waals surface area contributed by atoms with E-state index in [-0.39, 0.29) is 17.9 Å². The van der Waals surface area contributed by atoms with Gasteiger partial charge in [0, 0.05) is 18.0 Å². The third kappa shape index (κ3) is 2.92. The SMILES string of the molecule is CC(C)c1nc(C2CCCN2C(=O)C2=Cc3ccccc3OC2)no1. The summed E-state index contributed by atoms with van der Waals surface area (Å²) in [7, 11) is 0. The fourth-order valence-electron chi connectivity index (χ4n) is 3.32. The van der Waals surface area contributed by atoms with Crippen molar-refractivity contribution in [3.8, 4) is 5.75 Å². The number of hydrogen-bond acceptors (Lipinski definition) is 5. The van der Waals surface area contributed by atoms with E-state index in [4.69, 9.17) is 9.26 Å². The molecule has 1 aromatic carbocycles. The van der Waals surface area contributed by atoms with E-state index < -0.39 is 0 Å². The van der Waals surface area contributed by atoms with Gasteiger partial charge in [-0.15, -0.1) is 0 Å². The Morgan fingerprint density at radius 2 is 2.16 bits per heavy atom. The second-order valence-corrected chi connectivity index (χ2v) is 6.80. The maximum Gasteiger partial charge on any atom is 0.253 e. The Labute approximate surface area is 146 Å². The van der Waals surface area contributed by atoms with Crippen LogP contribution in [0.5, 0.6) is 5.75 Å². The first-order valence-corrected chi connectivity index (χ1v) is 8.70. The molecule has 1 amide bonds. The number of likely N-dealkylation sites (tertiary alicyclic amines) is 1. The van der Waals surface area contributed by atoms with Crippen LogP contribution in [-0.2, 0) is 4.79 Å². The summed E-state index contributed by atoms with van der Waals surface area (Å²) in [4.78, 5) is 19.4. The largest absolute Gasteiger partial charge is 0.488 e. The minimum atomic E-state index is -0.123. The van der Waals surface area contributed by atoms with E-state index in [0.29, 0.717) is 30.4 Å². The van der Waals surface area contributed by atoms with Crippen molar-refractivity contribution in [3.63, 3.8) is 0 Å². The Balaban J connectivity index is 1.58. The molecule has 2 aromatic rings. The maximum atomic E-state index is 13.0. The standard InChI is InChI=1S/C19H21N3O3/c1-12(2)18-20-17(21-25-18)15-7-5-9-22(15)19(23)14-10-13-6-3-4-8-16(13)24-11-14/h3-4,6,8,10,12,15H,5,7,9,11H2,1-2H3. The number of nitrogens with zero attached hydrogens (tertiary/aromatic N) is 3. The number of amides is 1. The van der Waals surface area contributed by atoms with Crippen molar-refractivity contribution >= 4 is 12.0 Å². The summed E-state index contributed by atoms with van der Waals surface area (Å²) in [6, 6.07) is 7.62. The van der Waals surface area contributed by atoms with Crippen LogP contribution in [0.25, 0.3) is 6.08 Å². The fraction of sp³-hybridized carbons (Fsp3) is 0.421. The molecule has 6 nitrogen and oxygen atoms in total. The summed E-state index contributed by atoms with van der Waals surface area (Å²) in [5.41, 5.74) is 1.60. The molecular weight excluding hydrogens is 318 g/mol. The lowest BCUT2D eigenvalue weighted by atomic mass is 10.1. The third-order valence-electron chi connectivity index (χ3n) is 4.67. The molecule has 0 spiro atoms. The quantitative estimate of drug-likeness (QED) is 0.858. The Morgan fingerprint density at radius 3 is 2.96 bits per heavy atom. The second-order valence-electron chi connectivity index (χ2n) is 6.80. The molecule has 2 aliphatic heterocycles. The zero-order chi connectivity index (χ0) is 17.4. The molecule has 3 heterocycles. The van der Waals surface area contributed by atoms with E-state index in [1.807, 2.05) is 49.1 Å². The first-order chi connectivity index (χ1) is 12.1. The smallest absolute Gasteiger partial charge is 0.253 e. The van der Waals surface area contributed by atoms with E-state index in [1.165, 1.54) is 0 Å². The van der Waals surface area contributed by atoms with E-state index >= 15 is 0 Å². The third-order valence-corrected chi connectivity index (χ3v) is 4.67. The number of carbonyl (C=O) groups is 1. The predicted octanol–water partition coefficient (Wildman–Crippen LogP) is 3.33. The first kappa shape index (κ1) is 15.9. The van der Waals surface area contributed by atoms with Gasteiger partial charge in [0.05, 0.1) is 11.6 Å². The predicted molar refractivity (Wildman–Crippen MR) is 92.0 cm³/mol. The second kappa shape index (κ2) is 6.35. The van der Waals surface area contributed by atoms with Gasteiger partial charge in [-0.3, -0.25) is 4.79 Å². The van der Waals surface area contributed by atoms with Gasteiger partial charge < -0.3 is 14.2 Å². The summed E-state index contributed by atoms with van der Waals surface area (Å²) in [5, 5.41) is 4.10. The lowest BCUT2D eigenvalue weighted by Gasteiger charge is -2.25. The zero-order valence-corrected chi connectivity index (χ0v) is 14.4. The van der Waals surface area contributed by atoms with Crippen LogP contribution in [0.1, 0.15) is 55.9 Å². The molecule has 2 aliphatic rings. The normalized spacial score (nSPS) is 19.6. The molecule has 0 bridgehead atoms. The van der Waals surface area contributed by atoms with Crippen LogP contribution >= 0.6 is 0 Å². The van der Waals surface area contributed by atoms with Gasteiger partial charge in [0.2, 0.25) is 5.89 Å². The lowest BCUT2D eigenvalue weighted by molar-refractivity contribution is -0.128. The van der Waals surface area contributed by atoms with Gasteiger partial charge in [0.1, 0.15) is 12.4 Å². The molecule has 130 valence electrons. The molecule has 4 rings (SSSR count). The molecule has 0 N–H and O–H groups in total. The van der Waals surface area contributed by atoms with Gasteiger partial charge in [-0.05, 0) is 25.0 Å². The molecule has 1 unspecified atom stereocenters. The number of ether oxygens (including phenoxy) is 1. The number of para-hydroxylation sites is 1. The molecule has 0 radical (unpaired) electrons. The minimum Gasteiger partial charge on any atom is -0.488 e. The first-order valence-electron chi connectivity index (χ1n) is 8.70. The van der Waals surface area contributed by atoms with Crippen molar-refractivity contribution in [2.45, 2.75) is 38.6 Å². The van der Waals surface area contributed by atoms with Gasteiger partial charge in [-0.25, -0.2) is 0 Å². The number of carbonyl (C=O) groups excluding carboxylic acids is 1. The molecular formula is C19H21N3O3. The highest BCUT2D eigenvalue weighted by atomic mass is 16.5. The zero-order valence-electron chi connectivity index (χ0n) is 14.4. The topological polar surface area (TPSA) is 68.5 Å². The highest BCUT2D eigenvalue weighted by Crippen LogP contribution is 2.34. The van der Waals surface area contributed by atoms with Gasteiger partial charge in [0.15, 0.2) is 5.82 Å². The van der Waals surface area contributed by atoms with Crippen molar-refractivity contribution in [2.75, 3.05) is 13.2 Å². The Bertz CT molecular complexity index is 825. The number of benzene rings is 1. The molecule has 6 heteroatoms. The summed E-state index contributed by atoms with van der Waals surface area (Å²) >= 11 is 0. The van der Waals surface area contributed by atoms with E-state index in [1.54, 1.807) is 0 Å². The van der Waals surface area contributed by atoms with Crippen LogP contribution in [0.3, 0.4) is 0 Å². The monoisotopic (exact) mass is 339 g/mol.